The van der Waals surface area contributed by atoms with Crippen LogP contribution in [0.4, 0.5) is 0 Å². The summed E-state index contributed by atoms with van der Waals surface area (Å²) in [4.78, 5) is 0. The third-order valence-electron chi connectivity index (χ3n) is 3.38. The van der Waals surface area contributed by atoms with Crippen LogP contribution in [0.15, 0.2) is 24.3 Å². The quantitative estimate of drug-likeness (QED) is 0.774. The molecule has 0 bridgehead atoms. The summed E-state index contributed by atoms with van der Waals surface area (Å²) in [6.45, 7) is 2.97. The van der Waals surface area contributed by atoms with Gasteiger partial charge in [0.1, 0.15) is 0 Å². The highest BCUT2D eigenvalue weighted by atomic mass is 14.5. The molecule has 1 fully saturated rings. The third kappa shape index (κ3) is 1.83. The van der Waals surface area contributed by atoms with Crippen LogP contribution in [0.3, 0.4) is 0 Å². The summed E-state index contributed by atoms with van der Waals surface area (Å²) in [5.41, 5.74) is 8.95. The van der Waals surface area contributed by atoms with Crippen molar-refractivity contribution in [3.8, 4) is 0 Å². The molecule has 0 aromatic heterocycles. The van der Waals surface area contributed by atoms with Gasteiger partial charge in [-0.25, -0.2) is 0 Å². The number of hydrogen-bond donors (Lipinski definition) is 1. The monoisotopic (exact) mass is 189 g/mol. The van der Waals surface area contributed by atoms with Crippen molar-refractivity contribution in [3.63, 3.8) is 0 Å². The van der Waals surface area contributed by atoms with E-state index in [-0.39, 0.29) is 0 Å². The van der Waals surface area contributed by atoms with Gasteiger partial charge in [-0.1, -0.05) is 29.8 Å². The second kappa shape index (κ2) is 3.74. The van der Waals surface area contributed by atoms with Crippen molar-refractivity contribution in [3.05, 3.63) is 35.4 Å². The fourth-order valence-corrected chi connectivity index (χ4v) is 2.18. The van der Waals surface area contributed by atoms with Gasteiger partial charge in [-0.15, -0.1) is 0 Å². The Hall–Kier alpha value is -0.820. The lowest BCUT2D eigenvalue weighted by molar-refractivity contribution is 0.588. The Kier molecular flexibility index (Phi) is 2.60. The molecule has 0 saturated heterocycles. The van der Waals surface area contributed by atoms with Crippen molar-refractivity contribution in [1.29, 1.82) is 0 Å². The Balaban J connectivity index is 2.10. The Bertz CT molecular complexity index is 296. The first-order valence-corrected chi connectivity index (χ1v) is 5.54. The Morgan fingerprint density at radius 3 is 2.36 bits per heavy atom. The van der Waals surface area contributed by atoms with Gasteiger partial charge in [-0.3, -0.25) is 0 Å². The van der Waals surface area contributed by atoms with E-state index >= 15 is 0 Å². The standard InChI is InChI=1S/C13H19N/c1-11-3-5-12(6-4-11)13(8-9-13)7-2-10-14/h3-6H,2,7-10,14H2,1H3. The maximum absolute atomic E-state index is 5.57. The third-order valence-corrected chi connectivity index (χ3v) is 3.38. The van der Waals surface area contributed by atoms with E-state index in [9.17, 15) is 0 Å². The molecule has 0 radical (unpaired) electrons. The maximum Gasteiger partial charge on any atom is -0.00459 e. The summed E-state index contributed by atoms with van der Waals surface area (Å²) in [6, 6.07) is 9.02. The molecule has 1 aliphatic rings. The first-order chi connectivity index (χ1) is 6.77. The van der Waals surface area contributed by atoms with Crippen molar-refractivity contribution in [1.82, 2.24) is 0 Å². The van der Waals surface area contributed by atoms with E-state index in [4.69, 9.17) is 5.73 Å². The fraction of sp³-hybridized carbons (Fsp3) is 0.538. The van der Waals surface area contributed by atoms with Gasteiger partial charge in [0.2, 0.25) is 0 Å². The van der Waals surface area contributed by atoms with E-state index in [2.05, 4.69) is 31.2 Å². The molecule has 1 aromatic rings. The lowest BCUT2D eigenvalue weighted by atomic mass is 9.90. The zero-order chi connectivity index (χ0) is 10.0. The van der Waals surface area contributed by atoms with E-state index in [1.165, 1.54) is 30.4 Å². The highest BCUT2D eigenvalue weighted by Gasteiger charge is 2.42. The Morgan fingerprint density at radius 1 is 1.21 bits per heavy atom. The van der Waals surface area contributed by atoms with Gasteiger partial charge >= 0.3 is 0 Å². The van der Waals surface area contributed by atoms with Crippen molar-refractivity contribution < 1.29 is 0 Å². The van der Waals surface area contributed by atoms with Gasteiger partial charge in [-0.2, -0.15) is 0 Å². The first kappa shape index (κ1) is 9.72. The van der Waals surface area contributed by atoms with Crippen LogP contribution >= 0.6 is 0 Å². The summed E-state index contributed by atoms with van der Waals surface area (Å²) in [5.74, 6) is 0. The molecule has 1 saturated carbocycles. The lowest BCUT2D eigenvalue weighted by Crippen LogP contribution is -2.09. The Labute approximate surface area is 86.3 Å². The molecule has 76 valence electrons. The topological polar surface area (TPSA) is 26.0 Å². The second-order valence-electron chi connectivity index (χ2n) is 4.54. The van der Waals surface area contributed by atoms with E-state index in [1.54, 1.807) is 0 Å². The second-order valence-corrected chi connectivity index (χ2v) is 4.54. The number of benzene rings is 1. The lowest BCUT2D eigenvalue weighted by Gasteiger charge is -2.15. The number of rotatable bonds is 4. The fourth-order valence-electron chi connectivity index (χ4n) is 2.18. The molecular formula is C13H19N. The van der Waals surface area contributed by atoms with Crippen LogP contribution < -0.4 is 5.73 Å². The molecular weight excluding hydrogens is 170 g/mol. The summed E-state index contributed by atoms with van der Waals surface area (Å²) in [7, 11) is 0. The van der Waals surface area contributed by atoms with Crippen molar-refractivity contribution in [2.45, 2.75) is 38.0 Å². The van der Waals surface area contributed by atoms with Crippen molar-refractivity contribution in [2.75, 3.05) is 6.54 Å². The Morgan fingerprint density at radius 2 is 1.86 bits per heavy atom. The minimum Gasteiger partial charge on any atom is -0.330 e. The molecule has 2 rings (SSSR count). The highest BCUT2D eigenvalue weighted by Crippen LogP contribution is 2.51. The molecule has 0 spiro atoms. The molecule has 14 heavy (non-hydrogen) atoms. The van der Waals surface area contributed by atoms with Gasteiger partial charge in [0.15, 0.2) is 0 Å². The van der Waals surface area contributed by atoms with Gasteiger partial charge in [-0.05, 0) is 50.1 Å². The zero-order valence-corrected chi connectivity index (χ0v) is 8.92. The molecule has 1 heteroatoms. The van der Waals surface area contributed by atoms with E-state index in [1.807, 2.05) is 0 Å². The van der Waals surface area contributed by atoms with Gasteiger partial charge < -0.3 is 5.73 Å². The summed E-state index contributed by atoms with van der Waals surface area (Å²) >= 11 is 0. The molecule has 1 nitrogen and oxygen atoms in total. The molecule has 0 unspecified atom stereocenters. The average molecular weight is 189 g/mol. The van der Waals surface area contributed by atoms with Crippen LogP contribution in [0, 0.1) is 6.92 Å². The zero-order valence-electron chi connectivity index (χ0n) is 8.92. The number of nitrogens with two attached hydrogens (primary N) is 1. The first-order valence-electron chi connectivity index (χ1n) is 5.54. The average Bonchev–Trinajstić information content (AvgIpc) is 2.97. The smallest absolute Gasteiger partial charge is 0.00459 e. The van der Waals surface area contributed by atoms with E-state index < -0.39 is 0 Å². The van der Waals surface area contributed by atoms with Gasteiger partial charge in [0, 0.05) is 0 Å². The summed E-state index contributed by atoms with van der Waals surface area (Å²) in [5, 5.41) is 0. The van der Waals surface area contributed by atoms with Crippen molar-refractivity contribution in [2.24, 2.45) is 5.73 Å². The minimum atomic E-state index is 0.507. The molecule has 2 N–H and O–H groups in total. The van der Waals surface area contributed by atoms with Crippen molar-refractivity contribution >= 4 is 0 Å². The van der Waals surface area contributed by atoms with Gasteiger partial charge in [0.05, 0.1) is 0 Å². The normalized spacial score (nSPS) is 18.1. The van der Waals surface area contributed by atoms with Crippen LogP contribution in [0.25, 0.3) is 0 Å². The largest absolute Gasteiger partial charge is 0.330 e. The molecule has 0 atom stereocenters. The van der Waals surface area contributed by atoms with Crippen LogP contribution in [0.2, 0.25) is 0 Å². The minimum absolute atomic E-state index is 0.507. The SMILES string of the molecule is Cc1ccc(C2(CCCN)CC2)cc1. The molecule has 0 amide bonds. The summed E-state index contributed by atoms with van der Waals surface area (Å²) in [6.07, 6.45) is 5.15. The van der Waals surface area contributed by atoms with Crippen LogP contribution in [-0.4, -0.2) is 6.54 Å². The summed E-state index contributed by atoms with van der Waals surface area (Å²) < 4.78 is 0. The maximum atomic E-state index is 5.57. The van der Waals surface area contributed by atoms with Crippen LogP contribution in [0.5, 0.6) is 0 Å². The van der Waals surface area contributed by atoms with E-state index in [0.29, 0.717) is 5.41 Å². The number of hydrogen-bond acceptors (Lipinski definition) is 1. The molecule has 0 heterocycles. The predicted octanol–water partition coefficient (Wildman–Crippen LogP) is 2.77. The highest BCUT2D eigenvalue weighted by molar-refractivity contribution is 5.33. The van der Waals surface area contributed by atoms with Crippen LogP contribution in [0.1, 0.15) is 36.8 Å². The molecule has 1 aliphatic carbocycles. The van der Waals surface area contributed by atoms with Crippen LogP contribution in [-0.2, 0) is 5.41 Å². The predicted molar refractivity (Wildman–Crippen MR) is 60.4 cm³/mol. The van der Waals surface area contributed by atoms with E-state index in [0.717, 1.165) is 13.0 Å². The molecule has 1 aromatic carbocycles. The molecule has 0 aliphatic heterocycles. The number of aryl methyl sites for hydroxylation is 1. The van der Waals surface area contributed by atoms with Gasteiger partial charge in [0.25, 0.3) is 0 Å².